The number of phenols is 4. The Morgan fingerprint density at radius 2 is 0.541 bits per heavy atom. The molecule has 5 heterocycles. The van der Waals surface area contributed by atoms with Crippen LogP contribution >= 0.6 is 0 Å². The second-order valence-corrected chi connectivity index (χ2v) is 15.7. The van der Waals surface area contributed by atoms with Crippen LogP contribution in [0.1, 0.15) is 28.5 Å². The van der Waals surface area contributed by atoms with Crippen LogP contribution < -0.4 is 0 Å². The third kappa shape index (κ3) is 22.6. The molecule has 0 bridgehead atoms. The molecule has 74 heavy (non-hydrogen) atoms. The number of rotatable bonds is 5. The number of benzene rings is 5. The fraction of sp³-hybridized carbons (Fsp3) is 0.0833. The number of aryl methyl sites for hydroxylation is 5. The van der Waals surface area contributed by atoms with E-state index in [-0.39, 0.29) is 209 Å². The standard InChI is InChI=1S/4C12H11NO.C12H10N.Eu.Gd.Ir.La.Nd/c4*1-9-5-4-7-11(13-9)10-6-2-3-8-12(10)14;1-10-6-5-9-12(13-10)11-7-3-2-4-8-11;;;;;/h4*2-8,14H,1H3;2-7,9H,1H3;;;;;/q;;;;-1;;;;;. The quantitative estimate of drug-likeness (QED) is 0.124. The molecule has 9 nitrogen and oxygen atoms in total. The van der Waals surface area contributed by atoms with Crippen LogP contribution in [0.3, 0.4) is 0 Å². The van der Waals surface area contributed by atoms with Gasteiger partial charge in [0, 0.05) is 237 Å². The molecule has 375 valence electrons. The zero-order chi connectivity index (χ0) is 49.0. The van der Waals surface area contributed by atoms with Crippen molar-refractivity contribution in [1.29, 1.82) is 0 Å². The minimum absolute atomic E-state index is 0. The molecule has 5 aromatic carbocycles. The average molecular weight is 1690 g/mol. The normalized spacial score (nSPS) is 9.36. The minimum Gasteiger partial charge on any atom is -0.507 e. The summed E-state index contributed by atoms with van der Waals surface area (Å²) >= 11 is 0. The molecule has 0 aliphatic carbocycles. The van der Waals surface area contributed by atoms with Crippen molar-refractivity contribution in [3.05, 3.63) is 247 Å². The predicted molar refractivity (Wildman–Crippen MR) is 278 cm³/mol. The van der Waals surface area contributed by atoms with Gasteiger partial charge in [-0.05, 0) is 143 Å². The summed E-state index contributed by atoms with van der Waals surface area (Å²) in [7, 11) is 0. The van der Waals surface area contributed by atoms with E-state index < -0.39 is 0 Å². The first-order chi connectivity index (χ1) is 33.4. The van der Waals surface area contributed by atoms with Gasteiger partial charge in [-0.1, -0.05) is 84.9 Å². The summed E-state index contributed by atoms with van der Waals surface area (Å²) in [6.07, 6.45) is 0. The van der Waals surface area contributed by atoms with Crippen LogP contribution in [0, 0.1) is 206 Å². The molecule has 0 aliphatic heterocycles. The Kier molecular flexibility index (Phi) is 34.6. The Balaban J connectivity index is 0.000000455. The van der Waals surface area contributed by atoms with Crippen LogP contribution in [0.4, 0.5) is 0 Å². The average Bonchev–Trinajstić information content (AvgIpc) is 3.36. The van der Waals surface area contributed by atoms with E-state index >= 15 is 0 Å². The summed E-state index contributed by atoms with van der Waals surface area (Å²) in [6, 6.07) is 68.9. The van der Waals surface area contributed by atoms with Crippen LogP contribution in [0.5, 0.6) is 23.0 Å². The molecule has 0 fully saturated rings. The summed E-state index contributed by atoms with van der Waals surface area (Å²) in [4.78, 5) is 21.8. The summed E-state index contributed by atoms with van der Waals surface area (Å²) in [5.74, 6) is 1.08. The summed E-state index contributed by atoms with van der Waals surface area (Å²) in [5.41, 5.74) is 13.2. The first kappa shape index (κ1) is 69.2. The number of aromatic nitrogens is 5. The smallest absolute Gasteiger partial charge is 0.124 e. The zero-order valence-electron chi connectivity index (χ0n) is 41.4. The zero-order valence-corrected chi connectivity index (χ0v) is 55.3. The van der Waals surface area contributed by atoms with Crippen LogP contribution in [0.25, 0.3) is 56.3 Å². The van der Waals surface area contributed by atoms with Crippen molar-refractivity contribution < 1.29 is 206 Å². The Morgan fingerprint density at radius 3 is 0.770 bits per heavy atom. The van der Waals surface area contributed by atoms with Gasteiger partial charge in [-0.3, -0.25) is 19.9 Å². The number of aromatic hydroxyl groups is 4. The fourth-order valence-corrected chi connectivity index (χ4v) is 6.78. The summed E-state index contributed by atoms with van der Waals surface area (Å²) in [6.45, 7) is 9.73. The molecule has 0 unspecified atom stereocenters. The first-order valence-corrected chi connectivity index (χ1v) is 22.2. The van der Waals surface area contributed by atoms with E-state index in [9.17, 15) is 20.4 Å². The monoisotopic (exact) mass is 1690 g/mol. The van der Waals surface area contributed by atoms with Gasteiger partial charge in [0.2, 0.25) is 0 Å². The van der Waals surface area contributed by atoms with Crippen molar-refractivity contribution in [2.24, 2.45) is 0 Å². The van der Waals surface area contributed by atoms with E-state index in [1.54, 1.807) is 48.5 Å². The van der Waals surface area contributed by atoms with Crippen molar-refractivity contribution in [3.8, 4) is 79.3 Å². The number of hydrogen-bond acceptors (Lipinski definition) is 9. The molecular formula is C60H54EuGdIrLaN5NdO4-. The molecule has 0 aliphatic rings. The van der Waals surface area contributed by atoms with Crippen LogP contribution in [0.15, 0.2) is 212 Å². The predicted octanol–water partition coefficient (Wildman–Crippen LogP) is 13.9. The van der Waals surface area contributed by atoms with Gasteiger partial charge >= 0.3 is 0 Å². The molecule has 3 radical (unpaired) electrons. The Hall–Kier alpha value is -2.85. The molecule has 14 heteroatoms. The molecule has 0 saturated carbocycles. The third-order valence-corrected chi connectivity index (χ3v) is 10.1. The molecule has 0 amide bonds. The van der Waals surface area contributed by atoms with Gasteiger partial charge in [0.15, 0.2) is 0 Å². The van der Waals surface area contributed by atoms with Crippen molar-refractivity contribution in [2.75, 3.05) is 0 Å². The molecule has 0 spiro atoms. The minimum atomic E-state index is 0. The molecule has 10 rings (SSSR count). The van der Waals surface area contributed by atoms with Gasteiger partial charge < -0.3 is 25.4 Å². The first-order valence-electron chi connectivity index (χ1n) is 22.2. The molecule has 0 saturated heterocycles. The molecule has 4 N–H and O–H groups in total. The van der Waals surface area contributed by atoms with Crippen LogP contribution in [-0.4, -0.2) is 45.3 Å². The van der Waals surface area contributed by atoms with Crippen LogP contribution in [-0.2, 0) is 20.1 Å². The Morgan fingerprint density at radius 1 is 0.311 bits per heavy atom. The molecule has 0 atom stereocenters. The topological polar surface area (TPSA) is 145 Å². The number of hydrogen-bond donors (Lipinski definition) is 4. The van der Waals surface area contributed by atoms with Crippen molar-refractivity contribution >= 4 is 0 Å². The van der Waals surface area contributed by atoms with Crippen molar-refractivity contribution in [3.63, 3.8) is 0 Å². The van der Waals surface area contributed by atoms with Gasteiger partial charge in [-0.25, -0.2) is 0 Å². The Labute approximate surface area is 582 Å². The van der Waals surface area contributed by atoms with Gasteiger partial charge in [-0.2, -0.15) is 0 Å². The van der Waals surface area contributed by atoms with E-state index in [0.29, 0.717) is 0 Å². The largest absolute Gasteiger partial charge is 0.507 e. The maximum atomic E-state index is 9.61. The maximum absolute atomic E-state index is 9.61. The molecule has 5 aromatic heterocycles. The number of para-hydroxylation sites is 4. The van der Waals surface area contributed by atoms with E-state index in [1.165, 1.54) is 0 Å². The fourth-order valence-electron chi connectivity index (χ4n) is 6.78. The van der Waals surface area contributed by atoms with Gasteiger partial charge in [0.25, 0.3) is 0 Å². The second-order valence-electron chi connectivity index (χ2n) is 15.7. The molecule has 10 aromatic rings. The van der Waals surface area contributed by atoms with Crippen molar-refractivity contribution in [1.82, 2.24) is 24.9 Å². The Bertz CT molecular complexity index is 2890. The second kappa shape index (κ2) is 37.1. The third-order valence-electron chi connectivity index (χ3n) is 10.1. The van der Waals surface area contributed by atoms with E-state index in [2.05, 4.69) is 31.0 Å². The van der Waals surface area contributed by atoms with Crippen LogP contribution in [0.2, 0.25) is 0 Å². The van der Waals surface area contributed by atoms with Gasteiger partial charge in [0.05, 0.1) is 22.8 Å². The van der Waals surface area contributed by atoms with E-state index in [1.807, 2.05) is 198 Å². The van der Waals surface area contributed by atoms with Gasteiger partial charge in [-0.15, -0.1) is 35.9 Å². The van der Waals surface area contributed by atoms with E-state index in [0.717, 1.165) is 84.8 Å². The number of phenolic OH excluding ortho intramolecular Hbond substituents is 4. The van der Waals surface area contributed by atoms with Crippen molar-refractivity contribution in [2.45, 2.75) is 34.6 Å². The molecular weight excluding hydrogens is 1640 g/mol. The van der Waals surface area contributed by atoms with E-state index in [4.69, 9.17) is 0 Å². The maximum Gasteiger partial charge on any atom is 0.124 e. The number of nitrogens with zero attached hydrogens (tertiary/aromatic N) is 5. The summed E-state index contributed by atoms with van der Waals surface area (Å²) < 4.78 is 0. The summed E-state index contributed by atoms with van der Waals surface area (Å²) in [5, 5.41) is 38.5. The van der Waals surface area contributed by atoms with Gasteiger partial charge in [0.1, 0.15) is 23.0 Å². The SMILES string of the molecule is Cc1cccc(-c2[c-]cccc2)n1.Cc1cccc(-c2ccccc2O)n1.Cc1cccc(-c2ccccc2O)n1.Cc1cccc(-c2ccccc2O)n1.Cc1cccc(-c2ccccc2O)n1.[Eu].[Gd].[Ir].[La].[Nd]. The number of pyridine rings is 5.